The van der Waals surface area contributed by atoms with Crippen LogP contribution in [-0.2, 0) is 4.79 Å². The molecular weight excluding hydrogens is 370 g/mol. The van der Waals surface area contributed by atoms with Crippen molar-refractivity contribution in [2.45, 2.75) is 44.6 Å². The second kappa shape index (κ2) is 6.99. The Morgan fingerprint density at radius 2 is 1.68 bits per heavy atom. The zero-order valence-electron chi connectivity index (χ0n) is 15.8. The van der Waals surface area contributed by atoms with Gasteiger partial charge in [0.1, 0.15) is 6.04 Å². The molecule has 0 saturated heterocycles. The largest absolute Gasteiger partial charge is 0.340 e. The van der Waals surface area contributed by atoms with E-state index >= 15 is 0 Å². The number of benzene rings is 1. The Hall–Kier alpha value is -2.21. The minimum atomic E-state index is -0.516. The molecule has 4 saturated carbocycles. The molecule has 6 rings (SSSR count). The van der Waals surface area contributed by atoms with Crippen LogP contribution in [0.5, 0.6) is 0 Å². The fourth-order valence-electron chi connectivity index (χ4n) is 6.29. The van der Waals surface area contributed by atoms with Crippen molar-refractivity contribution in [1.82, 2.24) is 10.3 Å². The van der Waals surface area contributed by atoms with Crippen molar-refractivity contribution in [3.63, 3.8) is 0 Å². The van der Waals surface area contributed by atoms with E-state index in [0.29, 0.717) is 28.4 Å². The van der Waals surface area contributed by atoms with Gasteiger partial charge in [0.15, 0.2) is 5.13 Å². The molecule has 28 heavy (non-hydrogen) atoms. The third-order valence-corrected chi connectivity index (χ3v) is 7.62. The van der Waals surface area contributed by atoms with Crippen LogP contribution in [-0.4, -0.2) is 22.8 Å². The van der Waals surface area contributed by atoms with Crippen molar-refractivity contribution in [3.8, 4) is 0 Å². The number of hydrogen-bond acceptors (Lipinski definition) is 4. The van der Waals surface area contributed by atoms with Crippen molar-refractivity contribution in [2.24, 2.45) is 23.2 Å². The predicted octanol–water partition coefficient (Wildman–Crippen LogP) is 4.10. The second-order valence-corrected chi connectivity index (χ2v) is 9.77. The number of hydrogen-bond donors (Lipinski definition) is 2. The van der Waals surface area contributed by atoms with E-state index in [1.165, 1.54) is 30.6 Å². The highest BCUT2D eigenvalue weighted by atomic mass is 32.1. The third kappa shape index (κ3) is 3.24. The van der Waals surface area contributed by atoms with Gasteiger partial charge in [0, 0.05) is 22.6 Å². The van der Waals surface area contributed by atoms with Gasteiger partial charge >= 0.3 is 0 Å². The molecule has 4 aliphatic rings. The average Bonchev–Trinajstić information content (AvgIpc) is 3.18. The van der Waals surface area contributed by atoms with E-state index in [4.69, 9.17) is 0 Å². The van der Waals surface area contributed by atoms with E-state index in [0.717, 1.165) is 19.3 Å². The first-order valence-corrected chi connectivity index (χ1v) is 11.1. The highest BCUT2D eigenvalue weighted by molar-refractivity contribution is 7.13. The van der Waals surface area contributed by atoms with Crippen LogP contribution in [0.15, 0.2) is 41.9 Å². The third-order valence-electron chi connectivity index (χ3n) is 6.93. The lowest BCUT2D eigenvalue weighted by atomic mass is 9.47. The van der Waals surface area contributed by atoms with Crippen LogP contribution >= 0.6 is 11.3 Å². The number of amides is 2. The summed E-state index contributed by atoms with van der Waals surface area (Å²) in [5.74, 6) is 1.82. The molecule has 4 aliphatic carbocycles. The number of anilines is 1. The summed E-state index contributed by atoms with van der Waals surface area (Å²) in [5.41, 5.74) is 0.472. The highest BCUT2D eigenvalue weighted by Gasteiger charge is 2.56. The van der Waals surface area contributed by atoms with Crippen molar-refractivity contribution in [1.29, 1.82) is 0 Å². The van der Waals surface area contributed by atoms with Crippen LogP contribution in [0.25, 0.3) is 0 Å². The Kier molecular flexibility index (Phi) is 4.46. The smallest absolute Gasteiger partial charge is 0.251 e. The number of rotatable bonds is 5. The van der Waals surface area contributed by atoms with Gasteiger partial charge in [-0.1, -0.05) is 18.2 Å². The molecule has 4 fully saturated rings. The van der Waals surface area contributed by atoms with Gasteiger partial charge < -0.3 is 10.6 Å². The van der Waals surface area contributed by atoms with Gasteiger partial charge in [0.2, 0.25) is 5.91 Å². The van der Waals surface area contributed by atoms with Crippen LogP contribution in [0.3, 0.4) is 0 Å². The van der Waals surface area contributed by atoms with Gasteiger partial charge in [-0.3, -0.25) is 9.59 Å². The summed E-state index contributed by atoms with van der Waals surface area (Å²) in [7, 11) is 0. The van der Waals surface area contributed by atoms with Gasteiger partial charge in [-0.05, 0) is 68.4 Å². The SMILES string of the molecule is O=C(NC(C(=O)Nc1nccs1)C12CC3CC(CC(C3)C1)C2)c1ccccc1. The molecule has 2 N–H and O–H groups in total. The summed E-state index contributed by atoms with van der Waals surface area (Å²) in [6, 6.07) is 8.67. The lowest BCUT2D eigenvalue weighted by Crippen LogP contribution is -2.61. The van der Waals surface area contributed by atoms with Crippen LogP contribution in [0.2, 0.25) is 0 Å². The van der Waals surface area contributed by atoms with Crippen LogP contribution in [0.4, 0.5) is 5.13 Å². The van der Waals surface area contributed by atoms with E-state index in [-0.39, 0.29) is 17.2 Å². The summed E-state index contributed by atoms with van der Waals surface area (Å²) >= 11 is 1.41. The van der Waals surface area contributed by atoms with Gasteiger partial charge in [-0.2, -0.15) is 0 Å². The summed E-state index contributed by atoms with van der Waals surface area (Å²) in [4.78, 5) is 30.5. The molecule has 6 heteroatoms. The van der Waals surface area contributed by atoms with E-state index in [1.54, 1.807) is 18.3 Å². The van der Waals surface area contributed by atoms with Gasteiger partial charge in [0.25, 0.3) is 5.91 Å². The first-order chi connectivity index (χ1) is 13.6. The molecule has 0 radical (unpaired) electrons. The standard InChI is InChI=1S/C22H25N3O2S/c26-19(17-4-2-1-3-5-17)24-18(20(27)25-21-23-6-7-28-21)22-11-14-8-15(12-22)10-16(9-14)13-22/h1-7,14-16,18H,8-13H2,(H,24,26)(H,23,25,27). The van der Waals surface area contributed by atoms with E-state index in [9.17, 15) is 9.59 Å². The number of nitrogens with zero attached hydrogens (tertiary/aromatic N) is 1. The first kappa shape index (κ1) is 17.9. The zero-order chi connectivity index (χ0) is 19.1. The number of thiazole rings is 1. The van der Waals surface area contributed by atoms with E-state index in [1.807, 2.05) is 23.6 Å². The Bertz CT molecular complexity index is 830. The summed E-state index contributed by atoms with van der Waals surface area (Å²) < 4.78 is 0. The maximum absolute atomic E-state index is 13.3. The monoisotopic (exact) mass is 395 g/mol. The topological polar surface area (TPSA) is 71.1 Å². The average molecular weight is 396 g/mol. The summed E-state index contributed by atoms with van der Waals surface area (Å²) in [6.07, 6.45) is 8.72. The summed E-state index contributed by atoms with van der Waals surface area (Å²) in [6.45, 7) is 0. The van der Waals surface area contributed by atoms with Crippen LogP contribution in [0.1, 0.15) is 48.9 Å². The van der Waals surface area contributed by atoms with Crippen LogP contribution < -0.4 is 10.6 Å². The fourth-order valence-corrected chi connectivity index (χ4v) is 6.83. The Balaban J connectivity index is 1.44. The van der Waals surface area contributed by atoms with E-state index < -0.39 is 6.04 Å². The zero-order valence-corrected chi connectivity index (χ0v) is 16.6. The maximum atomic E-state index is 13.3. The number of carbonyl (C=O) groups excluding carboxylic acids is 2. The molecule has 146 valence electrons. The Labute approximate surface area is 168 Å². The minimum absolute atomic E-state index is 0.124. The molecule has 1 aromatic carbocycles. The van der Waals surface area contributed by atoms with Gasteiger partial charge in [-0.25, -0.2) is 4.98 Å². The lowest BCUT2D eigenvalue weighted by Gasteiger charge is -2.58. The second-order valence-electron chi connectivity index (χ2n) is 8.88. The minimum Gasteiger partial charge on any atom is -0.340 e. The molecule has 0 spiro atoms. The molecule has 1 atom stereocenters. The highest BCUT2D eigenvalue weighted by Crippen LogP contribution is 2.61. The maximum Gasteiger partial charge on any atom is 0.251 e. The molecule has 5 nitrogen and oxygen atoms in total. The first-order valence-electron chi connectivity index (χ1n) is 10.2. The molecular formula is C22H25N3O2S. The van der Waals surface area contributed by atoms with Crippen LogP contribution in [0, 0.1) is 23.2 Å². The normalized spacial score (nSPS) is 31.4. The van der Waals surface area contributed by atoms with Crippen molar-refractivity contribution in [3.05, 3.63) is 47.5 Å². The van der Waals surface area contributed by atoms with Crippen molar-refractivity contribution < 1.29 is 9.59 Å². The Morgan fingerprint density at radius 3 is 2.25 bits per heavy atom. The number of aromatic nitrogens is 1. The quantitative estimate of drug-likeness (QED) is 0.801. The van der Waals surface area contributed by atoms with Gasteiger partial charge in [0.05, 0.1) is 0 Å². The number of carbonyl (C=O) groups is 2. The molecule has 0 aliphatic heterocycles. The molecule has 2 aromatic rings. The van der Waals surface area contributed by atoms with Crippen molar-refractivity contribution in [2.75, 3.05) is 5.32 Å². The number of nitrogens with one attached hydrogen (secondary N) is 2. The molecule has 1 unspecified atom stereocenters. The summed E-state index contributed by atoms with van der Waals surface area (Å²) in [5, 5.41) is 8.52. The van der Waals surface area contributed by atoms with Gasteiger partial charge in [-0.15, -0.1) is 11.3 Å². The Morgan fingerprint density at radius 1 is 1.04 bits per heavy atom. The molecule has 1 aromatic heterocycles. The fraction of sp³-hybridized carbons (Fsp3) is 0.500. The molecule has 2 amide bonds. The molecule has 4 bridgehead atoms. The van der Waals surface area contributed by atoms with Crippen molar-refractivity contribution >= 4 is 28.3 Å². The molecule has 1 heterocycles. The predicted molar refractivity (Wildman–Crippen MR) is 109 cm³/mol. The lowest BCUT2D eigenvalue weighted by molar-refractivity contribution is -0.129. The van der Waals surface area contributed by atoms with E-state index in [2.05, 4.69) is 15.6 Å².